The van der Waals surface area contributed by atoms with E-state index in [1.54, 1.807) is 4.68 Å². The predicted octanol–water partition coefficient (Wildman–Crippen LogP) is 1.22. The van der Waals surface area contributed by atoms with Gasteiger partial charge >= 0.3 is 0 Å². The Hall–Kier alpha value is -0.830. The summed E-state index contributed by atoms with van der Waals surface area (Å²) in [7, 11) is 1.92. The SMILES string of the molecule is Cn1cc(C(N)C2(C)CC2)cn1. The van der Waals surface area contributed by atoms with Crippen LogP contribution in [0, 0.1) is 5.41 Å². The molecule has 1 fully saturated rings. The van der Waals surface area contributed by atoms with Crippen molar-refractivity contribution < 1.29 is 0 Å². The highest BCUT2D eigenvalue weighted by atomic mass is 15.2. The van der Waals surface area contributed by atoms with Crippen LogP contribution in [-0.2, 0) is 7.05 Å². The largest absolute Gasteiger partial charge is 0.323 e. The first-order valence-corrected chi connectivity index (χ1v) is 4.36. The van der Waals surface area contributed by atoms with Gasteiger partial charge in [0, 0.05) is 24.8 Å². The number of aryl methyl sites for hydroxylation is 1. The Morgan fingerprint density at radius 1 is 1.67 bits per heavy atom. The molecule has 1 heterocycles. The van der Waals surface area contributed by atoms with E-state index in [1.807, 2.05) is 19.4 Å². The highest BCUT2D eigenvalue weighted by molar-refractivity contribution is 5.16. The second kappa shape index (κ2) is 2.33. The first-order chi connectivity index (χ1) is 5.62. The smallest absolute Gasteiger partial charge is 0.0537 e. The molecule has 1 aliphatic rings. The molecule has 1 aromatic rings. The number of nitrogens with two attached hydrogens (primary N) is 1. The molecule has 1 atom stereocenters. The van der Waals surface area contributed by atoms with Crippen molar-refractivity contribution in [1.29, 1.82) is 0 Å². The average Bonchev–Trinajstić information content (AvgIpc) is 2.62. The van der Waals surface area contributed by atoms with E-state index >= 15 is 0 Å². The number of hydrogen-bond acceptors (Lipinski definition) is 2. The second-order valence-corrected chi connectivity index (χ2v) is 4.08. The van der Waals surface area contributed by atoms with E-state index in [0.29, 0.717) is 5.41 Å². The molecule has 0 amide bonds. The van der Waals surface area contributed by atoms with E-state index in [9.17, 15) is 0 Å². The van der Waals surface area contributed by atoms with Crippen molar-refractivity contribution in [2.24, 2.45) is 18.2 Å². The molecule has 1 aromatic heterocycles. The normalized spacial score (nSPS) is 22.2. The lowest BCUT2D eigenvalue weighted by atomic mass is 9.95. The number of hydrogen-bond donors (Lipinski definition) is 1. The van der Waals surface area contributed by atoms with Crippen molar-refractivity contribution in [2.75, 3.05) is 0 Å². The van der Waals surface area contributed by atoms with Crippen molar-refractivity contribution in [1.82, 2.24) is 9.78 Å². The summed E-state index contributed by atoms with van der Waals surface area (Å²) in [6.07, 6.45) is 6.38. The number of aromatic nitrogens is 2. The van der Waals surface area contributed by atoms with E-state index in [-0.39, 0.29) is 6.04 Å². The zero-order valence-electron chi connectivity index (χ0n) is 7.62. The fraction of sp³-hybridized carbons (Fsp3) is 0.667. The van der Waals surface area contributed by atoms with Gasteiger partial charge in [0.15, 0.2) is 0 Å². The van der Waals surface area contributed by atoms with Crippen LogP contribution in [0.1, 0.15) is 31.4 Å². The first-order valence-electron chi connectivity index (χ1n) is 4.36. The van der Waals surface area contributed by atoms with Gasteiger partial charge in [-0.05, 0) is 18.3 Å². The fourth-order valence-electron chi connectivity index (χ4n) is 1.51. The molecule has 0 bridgehead atoms. The van der Waals surface area contributed by atoms with Crippen LogP contribution in [-0.4, -0.2) is 9.78 Å². The zero-order chi connectivity index (χ0) is 8.77. The quantitative estimate of drug-likeness (QED) is 0.716. The highest BCUT2D eigenvalue weighted by Crippen LogP contribution is 2.53. The summed E-state index contributed by atoms with van der Waals surface area (Å²) in [4.78, 5) is 0. The third-order valence-electron chi connectivity index (χ3n) is 2.87. The van der Waals surface area contributed by atoms with E-state index < -0.39 is 0 Å². The van der Waals surface area contributed by atoms with Gasteiger partial charge in [0.2, 0.25) is 0 Å². The van der Waals surface area contributed by atoms with Crippen LogP contribution in [0.4, 0.5) is 0 Å². The molecule has 0 radical (unpaired) electrons. The Balaban J connectivity index is 2.19. The Labute approximate surface area is 72.6 Å². The second-order valence-electron chi connectivity index (χ2n) is 4.08. The predicted molar refractivity (Wildman–Crippen MR) is 47.5 cm³/mol. The van der Waals surface area contributed by atoms with Gasteiger partial charge in [-0.3, -0.25) is 4.68 Å². The summed E-state index contributed by atoms with van der Waals surface area (Å²) in [5, 5.41) is 4.12. The number of nitrogens with zero attached hydrogens (tertiary/aromatic N) is 2. The van der Waals surface area contributed by atoms with Crippen LogP contribution in [0.2, 0.25) is 0 Å². The number of rotatable bonds is 2. The Bertz CT molecular complexity index is 286. The maximum absolute atomic E-state index is 6.09. The standard InChI is InChI=1S/C9H15N3/c1-9(3-4-9)8(10)7-5-11-12(2)6-7/h5-6,8H,3-4,10H2,1-2H3. The molecule has 0 aromatic carbocycles. The van der Waals surface area contributed by atoms with Crippen molar-refractivity contribution in [3.63, 3.8) is 0 Å². The van der Waals surface area contributed by atoms with Crippen LogP contribution in [0.5, 0.6) is 0 Å². The van der Waals surface area contributed by atoms with Crippen molar-refractivity contribution in [3.8, 4) is 0 Å². The van der Waals surface area contributed by atoms with Gasteiger partial charge < -0.3 is 5.73 Å². The van der Waals surface area contributed by atoms with E-state index in [4.69, 9.17) is 5.73 Å². The molecule has 1 aliphatic carbocycles. The average molecular weight is 165 g/mol. The third kappa shape index (κ3) is 1.14. The minimum absolute atomic E-state index is 0.172. The van der Waals surface area contributed by atoms with Gasteiger partial charge in [-0.25, -0.2) is 0 Å². The molecule has 2 rings (SSSR count). The van der Waals surface area contributed by atoms with Crippen molar-refractivity contribution >= 4 is 0 Å². The molecule has 0 saturated heterocycles. The Morgan fingerprint density at radius 3 is 2.75 bits per heavy atom. The fourth-order valence-corrected chi connectivity index (χ4v) is 1.51. The van der Waals surface area contributed by atoms with Crippen LogP contribution in [0.25, 0.3) is 0 Å². The Morgan fingerprint density at radius 2 is 2.33 bits per heavy atom. The summed E-state index contributed by atoms with van der Waals surface area (Å²) in [5.74, 6) is 0. The van der Waals surface area contributed by atoms with Gasteiger partial charge in [-0.15, -0.1) is 0 Å². The molecular formula is C9H15N3. The molecule has 3 heteroatoms. The van der Waals surface area contributed by atoms with Gasteiger partial charge in [0.05, 0.1) is 6.20 Å². The van der Waals surface area contributed by atoms with Crippen LogP contribution in [0.15, 0.2) is 12.4 Å². The topological polar surface area (TPSA) is 43.8 Å². The molecule has 1 saturated carbocycles. The summed E-state index contributed by atoms with van der Waals surface area (Å²) in [6.45, 7) is 2.24. The first kappa shape index (κ1) is 7.80. The molecule has 12 heavy (non-hydrogen) atoms. The molecule has 0 aliphatic heterocycles. The van der Waals surface area contributed by atoms with E-state index in [2.05, 4.69) is 12.0 Å². The molecular weight excluding hydrogens is 150 g/mol. The lowest BCUT2D eigenvalue weighted by Gasteiger charge is -2.16. The summed E-state index contributed by atoms with van der Waals surface area (Å²) >= 11 is 0. The summed E-state index contributed by atoms with van der Waals surface area (Å²) < 4.78 is 1.81. The van der Waals surface area contributed by atoms with E-state index in [1.165, 1.54) is 12.8 Å². The van der Waals surface area contributed by atoms with Crippen LogP contribution < -0.4 is 5.73 Å². The van der Waals surface area contributed by atoms with Gasteiger partial charge in [0.1, 0.15) is 0 Å². The van der Waals surface area contributed by atoms with Crippen LogP contribution >= 0.6 is 0 Å². The summed E-state index contributed by atoms with van der Waals surface area (Å²) in [6, 6.07) is 0.172. The summed E-state index contributed by atoms with van der Waals surface area (Å²) in [5.41, 5.74) is 7.61. The lowest BCUT2D eigenvalue weighted by Crippen LogP contribution is -2.19. The highest BCUT2D eigenvalue weighted by Gasteiger charge is 2.43. The molecule has 66 valence electrons. The van der Waals surface area contributed by atoms with E-state index in [0.717, 1.165) is 5.56 Å². The minimum atomic E-state index is 0.172. The zero-order valence-corrected chi connectivity index (χ0v) is 7.62. The Kier molecular flexibility index (Phi) is 1.51. The van der Waals surface area contributed by atoms with Gasteiger partial charge in [0.25, 0.3) is 0 Å². The van der Waals surface area contributed by atoms with Crippen molar-refractivity contribution in [2.45, 2.75) is 25.8 Å². The minimum Gasteiger partial charge on any atom is -0.323 e. The lowest BCUT2D eigenvalue weighted by molar-refractivity contribution is 0.451. The maximum Gasteiger partial charge on any atom is 0.0537 e. The third-order valence-corrected chi connectivity index (χ3v) is 2.87. The maximum atomic E-state index is 6.09. The van der Waals surface area contributed by atoms with Gasteiger partial charge in [-0.2, -0.15) is 5.10 Å². The molecule has 3 nitrogen and oxygen atoms in total. The molecule has 1 unspecified atom stereocenters. The molecule has 0 spiro atoms. The monoisotopic (exact) mass is 165 g/mol. The van der Waals surface area contributed by atoms with Crippen molar-refractivity contribution in [3.05, 3.63) is 18.0 Å². The van der Waals surface area contributed by atoms with Gasteiger partial charge in [-0.1, -0.05) is 6.92 Å². The molecule has 2 N–H and O–H groups in total. The van der Waals surface area contributed by atoms with Crippen LogP contribution in [0.3, 0.4) is 0 Å².